The van der Waals surface area contributed by atoms with Crippen molar-refractivity contribution in [3.8, 4) is 0 Å². The number of nitrogens with zero attached hydrogens (tertiary/aromatic N) is 2. The number of carbonyl (C=O) groups is 2. The molecule has 5 nitrogen and oxygen atoms in total. The van der Waals surface area contributed by atoms with Crippen molar-refractivity contribution < 1.29 is 9.59 Å². The molecular weight excluding hydrogens is 278 g/mol. The van der Waals surface area contributed by atoms with Gasteiger partial charge in [0, 0.05) is 18.8 Å². The van der Waals surface area contributed by atoms with Gasteiger partial charge in [-0.3, -0.25) is 9.59 Å². The average molecular weight is 303 g/mol. The molecule has 1 fully saturated rings. The van der Waals surface area contributed by atoms with E-state index in [0.29, 0.717) is 5.69 Å². The molecule has 0 radical (unpaired) electrons. The number of carbonyl (C=O) groups excluding carboxylic acids is 2. The zero-order chi connectivity index (χ0) is 16.3. The summed E-state index contributed by atoms with van der Waals surface area (Å²) in [5.41, 5.74) is 2.92. The fourth-order valence-electron chi connectivity index (χ4n) is 2.71. The summed E-state index contributed by atoms with van der Waals surface area (Å²) in [4.78, 5) is 28.3. The molecule has 0 saturated carbocycles. The number of anilines is 1. The van der Waals surface area contributed by atoms with E-state index in [-0.39, 0.29) is 6.04 Å². The first-order chi connectivity index (χ1) is 10.4. The van der Waals surface area contributed by atoms with E-state index >= 15 is 0 Å². The van der Waals surface area contributed by atoms with Gasteiger partial charge in [-0.1, -0.05) is 6.07 Å². The first-order valence-electron chi connectivity index (χ1n) is 7.72. The Morgan fingerprint density at radius 1 is 1.18 bits per heavy atom. The third-order valence-electron chi connectivity index (χ3n) is 4.52. The minimum absolute atomic E-state index is 0.147. The van der Waals surface area contributed by atoms with Crippen LogP contribution in [0.15, 0.2) is 18.2 Å². The number of hydrogen-bond donors (Lipinski definition) is 1. The van der Waals surface area contributed by atoms with Gasteiger partial charge in [0.2, 0.25) is 0 Å². The highest BCUT2D eigenvalue weighted by Gasteiger charge is 2.27. The Bertz CT molecular complexity index is 563. The number of piperidine rings is 1. The zero-order valence-corrected chi connectivity index (χ0v) is 13.8. The van der Waals surface area contributed by atoms with Crippen LogP contribution in [0.5, 0.6) is 0 Å². The van der Waals surface area contributed by atoms with Crippen LogP contribution in [0.1, 0.15) is 24.0 Å². The standard InChI is InChI=1S/C17H25N3O2/c1-12-5-6-14(11-13(12)2)18-16(21)17(22)20(4)15-7-9-19(3)10-8-15/h5-6,11,15H,7-10H2,1-4H3,(H,18,21). The Labute approximate surface area is 132 Å². The molecule has 0 aromatic heterocycles. The van der Waals surface area contributed by atoms with Crippen molar-refractivity contribution in [2.45, 2.75) is 32.7 Å². The molecule has 1 heterocycles. The van der Waals surface area contributed by atoms with E-state index in [9.17, 15) is 9.59 Å². The Morgan fingerprint density at radius 2 is 1.82 bits per heavy atom. The van der Waals surface area contributed by atoms with Crippen molar-refractivity contribution in [1.82, 2.24) is 9.80 Å². The highest BCUT2D eigenvalue weighted by molar-refractivity contribution is 6.39. The Morgan fingerprint density at radius 3 is 2.41 bits per heavy atom. The van der Waals surface area contributed by atoms with Crippen LogP contribution in [0.25, 0.3) is 0 Å². The van der Waals surface area contributed by atoms with E-state index in [1.54, 1.807) is 11.9 Å². The Hall–Kier alpha value is -1.88. The maximum Gasteiger partial charge on any atom is 0.313 e. The predicted octanol–water partition coefficient (Wildman–Crippen LogP) is 1.79. The van der Waals surface area contributed by atoms with Gasteiger partial charge in [0.1, 0.15) is 0 Å². The van der Waals surface area contributed by atoms with Gasteiger partial charge >= 0.3 is 11.8 Å². The van der Waals surface area contributed by atoms with Crippen LogP contribution in [0.4, 0.5) is 5.69 Å². The van der Waals surface area contributed by atoms with Crippen LogP contribution in [0, 0.1) is 13.8 Å². The van der Waals surface area contributed by atoms with Crippen molar-refractivity contribution in [1.29, 1.82) is 0 Å². The molecule has 1 aliphatic rings. The van der Waals surface area contributed by atoms with Crippen LogP contribution in [-0.2, 0) is 9.59 Å². The first-order valence-corrected chi connectivity index (χ1v) is 7.72. The number of amides is 2. The summed E-state index contributed by atoms with van der Waals surface area (Å²) >= 11 is 0. The van der Waals surface area contributed by atoms with Gasteiger partial charge in [-0.15, -0.1) is 0 Å². The van der Waals surface area contributed by atoms with Crippen molar-refractivity contribution in [2.24, 2.45) is 0 Å². The number of benzene rings is 1. The summed E-state index contributed by atoms with van der Waals surface area (Å²) in [6.07, 6.45) is 1.82. The average Bonchev–Trinajstić information content (AvgIpc) is 2.50. The predicted molar refractivity (Wildman–Crippen MR) is 87.8 cm³/mol. The quantitative estimate of drug-likeness (QED) is 0.848. The summed E-state index contributed by atoms with van der Waals surface area (Å²) in [6.45, 7) is 5.92. The monoisotopic (exact) mass is 303 g/mol. The van der Waals surface area contributed by atoms with Gasteiger partial charge in [0.15, 0.2) is 0 Å². The van der Waals surface area contributed by atoms with Crippen LogP contribution in [0.3, 0.4) is 0 Å². The minimum atomic E-state index is -0.565. The fourth-order valence-corrected chi connectivity index (χ4v) is 2.71. The molecule has 0 aliphatic carbocycles. The number of hydrogen-bond acceptors (Lipinski definition) is 3. The molecule has 1 aromatic rings. The minimum Gasteiger partial charge on any atom is -0.334 e. The van der Waals surface area contributed by atoms with Crippen molar-refractivity contribution in [3.63, 3.8) is 0 Å². The van der Waals surface area contributed by atoms with Crippen LogP contribution in [-0.4, -0.2) is 54.8 Å². The smallest absolute Gasteiger partial charge is 0.313 e. The molecule has 120 valence electrons. The molecule has 2 amide bonds. The SMILES string of the molecule is Cc1ccc(NC(=O)C(=O)N(C)C2CCN(C)CC2)cc1C. The normalized spacial score (nSPS) is 16.4. The number of aryl methyl sites for hydroxylation is 2. The van der Waals surface area contributed by atoms with Crippen LogP contribution < -0.4 is 5.32 Å². The molecule has 1 N–H and O–H groups in total. The number of nitrogens with one attached hydrogen (secondary N) is 1. The maximum atomic E-state index is 12.3. The van der Waals surface area contributed by atoms with Crippen LogP contribution >= 0.6 is 0 Å². The van der Waals surface area contributed by atoms with Crippen LogP contribution in [0.2, 0.25) is 0 Å². The number of likely N-dealkylation sites (N-methyl/N-ethyl adjacent to an activating group) is 1. The van der Waals surface area contributed by atoms with Gasteiger partial charge in [0.25, 0.3) is 0 Å². The van der Waals surface area contributed by atoms with E-state index in [0.717, 1.165) is 37.1 Å². The summed E-state index contributed by atoms with van der Waals surface area (Å²) < 4.78 is 0. The topological polar surface area (TPSA) is 52.7 Å². The van der Waals surface area contributed by atoms with E-state index in [1.165, 1.54) is 0 Å². The lowest BCUT2D eigenvalue weighted by atomic mass is 10.0. The Balaban J connectivity index is 1.96. The molecule has 0 spiro atoms. The summed E-state index contributed by atoms with van der Waals surface area (Å²) in [6, 6.07) is 5.80. The summed E-state index contributed by atoms with van der Waals surface area (Å²) in [5, 5.41) is 2.70. The van der Waals surface area contributed by atoms with Crippen molar-refractivity contribution in [2.75, 3.05) is 32.5 Å². The highest BCUT2D eigenvalue weighted by atomic mass is 16.2. The molecule has 1 aromatic carbocycles. The largest absolute Gasteiger partial charge is 0.334 e. The second-order valence-corrected chi connectivity index (χ2v) is 6.20. The van der Waals surface area contributed by atoms with E-state index in [2.05, 4.69) is 17.3 Å². The van der Waals surface area contributed by atoms with Crippen molar-refractivity contribution in [3.05, 3.63) is 29.3 Å². The third kappa shape index (κ3) is 3.85. The first kappa shape index (κ1) is 16.5. The van der Waals surface area contributed by atoms with E-state index in [4.69, 9.17) is 0 Å². The molecule has 1 saturated heterocycles. The second-order valence-electron chi connectivity index (χ2n) is 6.20. The molecule has 2 rings (SSSR count). The second kappa shape index (κ2) is 6.92. The van der Waals surface area contributed by atoms with Gasteiger partial charge < -0.3 is 15.1 Å². The lowest BCUT2D eigenvalue weighted by molar-refractivity contribution is -0.144. The number of rotatable bonds is 2. The number of likely N-dealkylation sites (tertiary alicyclic amines) is 1. The zero-order valence-electron chi connectivity index (χ0n) is 13.8. The molecule has 22 heavy (non-hydrogen) atoms. The van der Waals surface area contributed by atoms with E-state index in [1.807, 2.05) is 32.0 Å². The third-order valence-corrected chi connectivity index (χ3v) is 4.52. The molecular formula is C17H25N3O2. The molecule has 5 heteroatoms. The molecule has 0 atom stereocenters. The van der Waals surface area contributed by atoms with Gasteiger partial charge in [-0.05, 0) is 70.1 Å². The van der Waals surface area contributed by atoms with E-state index < -0.39 is 11.8 Å². The van der Waals surface area contributed by atoms with Crippen molar-refractivity contribution >= 4 is 17.5 Å². The van der Waals surface area contributed by atoms with Gasteiger partial charge in [0.05, 0.1) is 0 Å². The molecule has 1 aliphatic heterocycles. The fraction of sp³-hybridized carbons (Fsp3) is 0.529. The maximum absolute atomic E-state index is 12.3. The van der Waals surface area contributed by atoms with Gasteiger partial charge in [-0.25, -0.2) is 0 Å². The van der Waals surface area contributed by atoms with Gasteiger partial charge in [-0.2, -0.15) is 0 Å². The lowest BCUT2D eigenvalue weighted by Crippen LogP contribution is -2.47. The highest BCUT2D eigenvalue weighted by Crippen LogP contribution is 2.16. The lowest BCUT2D eigenvalue weighted by Gasteiger charge is -2.34. The molecule has 0 bridgehead atoms. The Kier molecular flexibility index (Phi) is 5.19. The molecule has 0 unspecified atom stereocenters. The summed E-state index contributed by atoms with van der Waals surface area (Å²) in [5.74, 6) is -1.03. The summed E-state index contributed by atoms with van der Waals surface area (Å²) in [7, 11) is 3.79.